The summed E-state index contributed by atoms with van der Waals surface area (Å²) in [5, 5.41) is 2.49. The van der Waals surface area contributed by atoms with Crippen molar-refractivity contribution >= 4 is 28.9 Å². The van der Waals surface area contributed by atoms with Gasteiger partial charge in [0.25, 0.3) is 0 Å². The molecule has 1 rings (SSSR count). The van der Waals surface area contributed by atoms with E-state index in [1.54, 1.807) is 0 Å². The third-order valence-corrected chi connectivity index (χ3v) is 1.55. The first-order valence-electron chi connectivity index (χ1n) is 3.66. The van der Waals surface area contributed by atoms with Gasteiger partial charge in [0.2, 0.25) is 5.91 Å². The Morgan fingerprint density at radius 2 is 2.00 bits per heavy atom. The van der Waals surface area contributed by atoms with Crippen molar-refractivity contribution in [3.05, 3.63) is 29.6 Å². The van der Waals surface area contributed by atoms with Gasteiger partial charge in [0.05, 0.1) is 0 Å². The quantitative estimate of drug-likeness (QED) is 0.628. The molecule has 6 heteroatoms. The van der Waals surface area contributed by atoms with Gasteiger partial charge in [-0.25, -0.2) is 4.39 Å². The topological polar surface area (TPSA) is 81.1 Å². The minimum Gasteiger partial charge on any atom is -0.376 e. The summed E-state index contributed by atoms with van der Waals surface area (Å²) in [6.45, 7) is 0. The Hall–Kier alpha value is -1.69. The molecule has 0 aromatic heterocycles. The number of nitrogens with two attached hydrogens (primary N) is 2. The van der Waals surface area contributed by atoms with Crippen molar-refractivity contribution in [3.63, 3.8) is 0 Å². The smallest absolute Gasteiger partial charge is 0.248 e. The Bertz CT molecular complexity index is 394. The summed E-state index contributed by atoms with van der Waals surface area (Å²) in [6, 6.07) is 3.56. The van der Waals surface area contributed by atoms with E-state index in [1.807, 2.05) is 0 Å². The molecule has 0 aliphatic rings. The number of carbonyl (C=O) groups excluding carboxylic acids is 1. The van der Waals surface area contributed by atoms with E-state index in [1.165, 1.54) is 6.07 Å². The van der Waals surface area contributed by atoms with Crippen molar-refractivity contribution in [1.82, 2.24) is 0 Å². The third-order valence-electron chi connectivity index (χ3n) is 1.45. The van der Waals surface area contributed by atoms with Gasteiger partial charge in [-0.15, -0.1) is 0 Å². The van der Waals surface area contributed by atoms with Crippen molar-refractivity contribution in [2.24, 2.45) is 11.5 Å². The number of anilines is 1. The second kappa shape index (κ2) is 4.01. The Morgan fingerprint density at radius 1 is 1.36 bits per heavy atom. The summed E-state index contributed by atoms with van der Waals surface area (Å²) in [5.41, 5.74) is 10.5. The molecule has 1 aromatic carbocycles. The number of thiocarbonyl (C=S) groups is 1. The number of hydrogen-bond donors (Lipinski definition) is 3. The number of benzene rings is 1. The first-order valence-corrected chi connectivity index (χ1v) is 4.06. The SMILES string of the molecule is NC(=O)c1cc(F)cc(NC(N)=S)c1. The number of halogens is 1. The summed E-state index contributed by atoms with van der Waals surface area (Å²) in [5.74, 6) is -1.30. The van der Waals surface area contributed by atoms with Gasteiger partial charge in [0, 0.05) is 11.3 Å². The van der Waals surface area contributed by atoms with E-state index in [-0.39, 0.29) is 10.7 Å². The highest BCUT2D eigenvalue weighted by molar-refractivity contribution is 7.80. The molecule has 0 saturated heterocycles. The largest absolute Gasteiger partial charge is 0.376 e. The summed E-state index contributed by atoms with van der Waals surface area (Å²) >= 11 is 4.56. The van der Waals surface area contributed by atoms with Crippen molar-refractivity contribution in [3.8, 4) is 0 Å². The van der Waals surface area contributed by atoms with E-state index in [4.69, 9.17) is 11.5 Å². The monoisotopic (exact) mass is 213 g/mol. The van der Waals surface area contributed by atoms with Gasteiger partial charge in [-0.1, -0.05) is 0 Å². The Morgan fingerprint density at radius 3 is 2.50 bits per heavy atom. The van der Waals surface area contributed by atoms with Crippen molar-refractivity contribution in [2.75, 3.05) is 5.32 Å². The molecular weight excluding hydrogens is 205 g/mol. The lowest BCUT2D eigenvalue weighted by Gasteiger charge is -2.05. The molecule has 0 saturated carbocycles. The minimum absolute atomic E-state index is 0.00831. The van der Waals surface area contributed by atoms with Crippen LogP contribution in [0.5, 0.6) is 0 Å². The number of carbonyl (C=O) groups is 1. The molecule has 0 atom stereocenters. The van der Waals surface area contributed by atoms with Crippen LogP contribution in [0.25, 0.3) is 0 Å². The molecule has 0 spiro atoms. The van der Waals surface area contributed by atoms with Crippen molar-refractivity contribution in [2.45, 2.75) is 0 Å². The average molecular weight is 213 g/mol. The van der Waals surface area contributed by atoms with Crippen LogP contribution in [0.4, 0.5) is 10.1 Å². The average Bonchev–Trinajstić information content (AvgIpc) is 2.01. The zero-order valence-electron chi connectivity index (χ0n) is 7.08. The maximum Gasteiger partial charge on any atom is 0.248 e. The van der Waals surface area contributed by atoms with Gasteiger partial charge < -0.3 is 16.8 Å². The summed E-state index contributed by atoms with van der Waals surface area (Å²) in [7, 11) is 0. The lowest BCUT2D eigenvalue weighted by Crippen LogP contribution is -2.19. The fraction of sp³-hybridized carbons (Fsp3) is 0. The molecule has 0 heterocycles. The first-order chi connectivity index (χ1) is 6.49. The van der Waals surface area contributed by atoms with E-state index in [9.17, 15) is 9.18 Å². The van der Waals surface area contributed by atoms with Crippen LogP contribution in [0.1, 0.15) is 10.4 Å². The van der Waals surface area contributed by atoms with Gasteiger partial charge in [-0.3, -0.25) is 4.79 Å². The van der Waals surface area contributed by atoms with Crippen LogP contribution in [0, 0.1) is 5.82 Å². The second-order valence-electron chi connectivity index (χ2n) is 2.58. The predicted octanol–water partition coefficient (Wildman–Crippen LogP) is 0.580. The van der Waals surface area contributed by atoms with Crippen LogP contribution >= 0.6 is 12.2 Å². The van der Waals surface area contributed by atoms with Gasteiger partial charge in [0.1, 0.15) is 5.82 Å². The lowest BCUT2D eigenvalue weighted by molar-refractivity contribution is 0.1000. The van der Waals surface area contributed by atoms with Crippen molar-refractivity contribution in [1.29, 1.82) is 0 Å². The molecule has 0 fully saturated rings. The molecule has 0 radical (unpaired) electrons. The van der Waals surface area contributed by atoms with Gasteiger partial charge in [-0.05, 0) is 30.4 Å². The zero-order valence-corrected chi connectivity index (χ0v) is 7.90. The highest BCUT2D eigenvalue weighted by atomic mass is 32.1. The molecule has 5 N–H and O–H groups in total. The van der Waals surface area contributed by atoms with Crippen LogP contribution in [0.2, 0.25) is 0 Å². The van der Waals surface area contributed by atoms with Crippen molar-refractivity contribution < 1.29 is 9.18 Å². The number of nitrogens with one attached hydrogen (secondary N) is 1. The molecule has 0 aliphatic carbocycles. The van der Waals surface area contributed by atoms with Crippen LogP contribution in [-0.4, -0.2) is 11.0 Å². The number of amides is 1. The molecule has 0 aliphatic heterocycles. The van der Waals surface area contributed by atoms with Gasteiger partial charge >= 0.3 is 0 Å². The standard InChI is InChI=1S/C8H8FN3OS/c9-5-1-4(7(10)13)2-6(3-5)12-8(11)14/h1-3H,(H2,10,13)(H3,11,12,14). The van der Waals surface area contributed by atoms with Crippen LogP contribution in [-0.2, 0) is 0 Å². The van der Waals surface area contributed by atoms with E-state index >= 15 is 0 Å². The summed E-state index contributed by atoms with van der Waals surface area (Å²) in [4.78, 5) is 10.8. The molecule has 1 amide bonds. The van der Waals surface area contributed by atoms with Crippen LogP contribution < -0.4 is 16.8 Å². The zero-order chi connectivity index (χ0) is 10.7. The fourth-order valence-corrected chi connectivity index (χ4v) is 1.06. The molecule has 0 unspecified atom stereocenters. The van der Waals surface area contributed by atoms with E-state index in [2.05, 4.69) is 17.5 Å². The van der Waals surface area contributed by atoms with E-state index in [0.717, 1.165) is 12.1 Å². The summed E-state index contributed by atoms with van der Waals surface area (Å²) in [6.07, 6.45) is 0. The maximum absolute atomic E-state index is 12.9. The second-order valence-corrected chi connectivity index (χ2v) is 3.02. The highest BCUT2D eigenvalue weighted by Crippen LogP contribution is 2.13. The number of rotatable bonds is 2. The normalized spacial score (nSPS) is 9.50. The lowest BCUT2D eigenvalue weighted by atomic mass is 10.2. The van der Waals surface area contributed by atoms with Gasteiger partial charge in [-0.2, -0.15) is 0 Å². The number of hydrogen-bond acceptors (Lipinski definition) is 2. The van der Waals surface area contributed by atoms with Crippen LogP contribution in [0.3, 0.4) is 0 Å². The highest BCUT2D eigenvalue weighted by Gasteiger charge is 2.05. The first kappa shape index (κ1) is 10.4. The predicted molar refractivity (Wildman–Crippen MR) is 55.3 cm³/mol. The molecule has 1 aromatic rings. The minimum atomic E-state index is -0.713. The number of primary amides is 1. The molecular formula is C8H8FN3OS. The third kappa shape index (κ3) is 2.67. The molecule has 74 valence electrons. The van der Waals surface area contributed by atoms with E-state index < -0.39 is 11.7 Å². The molecule has 14 heavy (non-hydrogen) atoms. The maximum atomic E-state index is 12.9. The van der Waals surface area contributed by atoms with Crippen LogP contribution in [0.15, 0.2) is 18.2 Å². The van der Waals surface area contributed by atoms with Gasteiger partial charge in [0.15, 0.2) is 5.11 Å². The Balaban J connectivity index is 3.07. The summed E-state index contributed by atoms with van der Waals surface area (Å²) < 4.78 is 12.9. The fourth-order valence-electron chi connectivity index (χ4n) is 0.946. The Labute approximate surface area is 85.1 Å². The Kier molecular flexibility index (Phi) is 2.98. The molecule has 4 nitrogen and oxygen atoms in total. The molecule has 0 bridgehead atoms. The van der Waals surface area contributed by atoms with E-state index in [0.29, 0.717) is 5.69 Å².